The fraction of sp³-hybridized carbons (Fsp3) is 0.136. The Morgan fingerprint density at radius 3 is 2.63 bits per heavy atom. The van der Waals surface area contributed by atoms with Gasteiger partial charge in [0.05, 0.1) is 16.7 Å². The average Bonchev–Trinajstić information content (AvgIpc) is 3.43. The summed E-state index contributed by atoms with van der Waals surface area (Å²) in [5.74, 6) is 0.0601. The Morgan fingerprint density at radius 2 is 1.90 bits per heavy atom. The van der Waals surface area contributed by atoms with Crippen molar-refractivity contribution in [2.75, 3.05) is 12.4 Å². The number of rotatable bonds is 7. The minimum Gasteiger partial charge on any atom is -0.494 e. The Morgan fingerprint density at radius 1 is 1.07 bits per heavy atom. The molecule has 0 spiro atoms. The van der Waals surface area contributed by atoms with Crippen LogP contribution in [0.15, 0.2) is 66.0 Å². The van der Waals surface area contributed by atoms with Crippen molar-refractivity contribution in [1.82, 2.24) is 10.3 Å². The molecule has 2 amide bonds. The molecule has 6 nitrogen and oxygen atoms in total. The van der Waals surface area contributed by atoms with Gasteiger partial charge in [0.15, 0.2) is 5.13 Å². The third-order valence-corrected chi connectivity index (χ3v) is 6.29. The van der Waals surface area contributed by atoms with Gasteiger partial charge in [-0.3, -0.25) is 9.59 Å². The smallest absolute Gasteiger partial charge is 0.262 e. The first-order valence-electron chi connectivity index (χ1n) is 9.27. The zero-order chi connectivity index (χ0) is 20.9. The lowest BCUT2D eigenvalue weighted by Gasteiger charge is -2.17. The fourth-order valence-electron chi connectivity index (χ4n) is 3.03. The Labute approximate surface area is 181 Å². The van der Waals surface area contributed by atoms with E-state index in [1.54, 1.807) is 19.2 Å². The molecule has 30 heavy (non-hydrogen) atoms. The van der Waals surface area contributed by atoms with Crippen LogP contribution in [-0.4, -0.2) is 29.9 Å². The molecule has 0 fully saturated rings. The molecule has 1 atom stereocenters. The number of anilines is 1. The number of aromatic nitrogens is 1. The van der Waals surface area contributed by atoms with Crippen molar-refractivity contribution in [1.29, 1.82) is 0 Å². The van der Waals surface area contributed by atoms with Crippen LogP contribution in [0.1, 0.15) is 15.2 Å². The number of amides is 2. The third kappa shape index (κ3) is 4.50. The first-order chi connectivity index (χ1) is 14.6. The highest BCUT2D eigenvalue weighted by molar-refractivity contribution is 7.22. The van der Waals surface area contributed by atoms with Crippen LogP contribution in [0.4, 0.5) is 5.13 Å². The number of methoxy groups -OCH3 is 1. The molecule has 2 heterocycles. The molecule has 0 bridgehead atoms. The van der Waals surface area contributed by atoms with Gasteiger partial charge < -0.3 is 15.4 Å². The van der Waals surface area contributed by atoms with E-state index in [1.165, 1.54) is 22.7 Å². The molecule has 2 aromatic heterocycles. The third-order valence-electron chi connectivity index (χ3n) is 4.48. The number of hydrogen-bond acceptors (Lipinski definition) is 6. The molecular formula is C22H19N3O3S2. The SMILES string of the molecule is COc1cccc2sc(NC(=O)C(Cc3ccccc3)NC(=O)c3cccs3)nc12. The molecule has 152 valence electrons. The van der Waals surface area contributed by atoms with E-state index < -0.39 is 6.04 Å². The number of hydrogen-bond donors (Lipinski definition) is 2. The van der Waals surface area contributed by atoms with Gasteiger partial charge in [-0.15, -0.1) is 11.3 Å². The van der Waals surface area contributed by atoms with E-state index in [2.05, 4.69) is 15.6 Å². The van der Waals surface area contributed by atoms with Gasteiger partial charge in [0.2, 0.25) is 5.91 Å². The van der Waals surface area contributed by atoms with E-state index >= 15 is 0 Å². The number of nitrogens with zero attached hydrogens (tertiary/aromatic N) is 1. The number of ether oxygens (including phenoxy) is 1. The lowest BCUT2D eigenvalue weighted by molar-refractivity contribution is -0.118. The second-order valence-electron chi connectivity index (χ2n) is 6.51. The van der Waals surface area contributed by atoms with Gasteiger partial charge in [-0.05, 0) is 29.1 Å². The van der Waals surface area contributed by atoms with Crippen molar-refractivity contribution in [3.8, 4) is 5.75 Å². The lowest BCUT2D eigenvalue weighted by Crippen LogP contribution is -2.45. The molecular weight excluding hydrogens is 418 g/mol. The highest BCUT2D eigenvalue weighted by Crippen LogP contribution is 2.32. The van der Waals surface area contributed by atoms with E-state index in [1.807, 2.05) is 53.9 Å². The maximum Gasteiger partial charge on any atom is 0.262 e. The fourth-order valence-corrected chi connectivity index (χ4v) is 4.54. The zero-order valence-electron chi connectivity index (χ0n) is 16.1. The highest BCUT2D eigenvalue weighted by atomic mass is 32.1. The number of thiazole rings is 1. The average molecular weight is 438 g/mol. The molecule has 2 aromatic carbocycles. The van der Waals surface area contributed by atoms with E-state index in [4.69, 9.17) is 4.74 Å². The van der Waals surface area contributed by atoms with Crippen LogP contribution < -0.4 is 15.4 Å². The summed E-state index contributed by atoms with van der Waals surface area (Å²) in [6, 6.07) is 18.0. The second-order valence-corrected chi connectivity index (χ2v) is 8.49. The Bertz CT molecular complexity index is 1160. The summed E-state index contributed by atoms with van der Waals surface area (Å²) in [4.78, 5) is 30.7. The van der Waals surface area contributed by atoms with Crippen molar-refractivity contribution < 1.29 is 14.3 Å². The van der Waals surface area contributed by atoms with Crippen LogP contribution in [0.25, 0.3) is 10.2 Å². The standard InChI is InChI=1S/C22H19N3O3S2/c1-28-16-9-5-10-17-19(16)24-22(30-17)25-20(26)15(13-14-7-3-2-4-8-14)23-21(27)18-11-6-12-29-18/h2-12,15H,13H2,1H3,(H,23,27)(H,24,25,26). The minimum atomic E-state index is -0.740. The predicted octanol–water partition coefficient (Wildman–Crippen LogP) is 4.35. The Balaban J connectivity index is 1.56. The molecule has 4 aromatic rings. The summed E-state index contributed by atoms with van der Waals surface area (Å²) in [6.07, 6.45) is 0.373. The van der Waals surface area contributed by atoms with Crippen molar-refractivity contribution in [2.45, 2.75) is 12.5 Å². The van der Waals surface area contributed by atoms with Crippen molar-refractivity contribution >= 4 is 49.8 Å². The largest absolute Gasteiger partial charge is 0.494 e. The van der Waals surface area contributed by atoms with Crippen LogP contribution >= 0.6 is 22.7 Å². The number of nitrogens with one attached hydrogen (secondary N) is 2. The monoisotopic (exact) mass is 437 g/mol. The van der Waals surface area contributed by atoms with Gasteiger partial charge in [0, 0.05) is 6.42 Å². The quantitative estimate of drug-likeness (QED) is 0.451. The summed E-state index contributed by atoms with van der Waals surface area (Å²) in [5, 5.41) is 8.00. The van der Waals surface area contributed by atoms with Gasteiger partial charge in [0.25, 0.3) is 5.91 Å². The van der Waals surface area contributed by atoms with Crippen molar-refractivity contribution in [2.24, 2.45) is 0 Å². The summed E-state index contributed by atoms with van der Waals surface area (Å²) in [7, 11) is 1.59. The van der Waals surface area contributed by atoms with Gasteiger partial charge >= 0.3 is 0 Å². The molecule has 0 aliphatic carbocycles. The van der Waals surface area contributed by atoms with Crippen LogP contribution in [0.5, 0.6) is 5.75 Å². The van der Waals surface area contributed by atoms with Crippen LogP contribution in [0.2, 0.25) is 0 Å². The lowest BCUT2D eigenvalue weighted by atomic mass is 10.1. The van der Waals surface area contributed by atoms with Crippen LogP contribution in [-0.2, 0) is 11.2 Å². The Hall–Kier alpha value is -3.23. The van der Waals surface area contributed by atoms with E-state index in [-0.39, 0.29) is 11.8 Å². The maximum absolute atomic E-state index is 13.1. The normalized spacial score (nSPS) is 11.8. The topological polar surface area (TPSA) is 80.3 Å². The van der Waals surface area contributed by atoms with Crippen LogP contribution in [0, 0.1) is 0 Å². The zero-order valence-corrected chi connectivity index (χ0v) is 17.8. The number of fused-ring (bicyclic) bond motifs is 1. The molecule has 0 saturated heterocycles. The summed E-state index contributed by atoms with van der Waals surface area (Å²) in [6.45, 7) is 0. The Kier molecular flexibility index (Phi) is 6.06. The van der Waals surface area contributed by atoms with Gasteiger partial charge in [-0.1, -0.05) is 53.8 Å². The summed E-state index contributed by atoms with van der Waals surface area (Å²) < 4.78 is 6.25. The molecule has 2 N–H and O–H groups in total. The highest BCUT2D eigenvalue weighted by Gasteiger charge is 2.23. The molecule has 1 unspecified atom stereocenters. The molecule has 0 radical (unpaired) electrons. The second kappa shape index (κ2) is 9.06. The number of carbonyl (C=O) groups is 2. The van der Waals surface area contributed by atoms with Gasteiger partial charge in [-0.25, -0.2) is 4.98 Å². The van der Waals surface area contributed by atoms with E-state index in [0.29, 0.717) is 27.7 Å². The molecule has 4 rings (SSSR count). The number of para-hydroxylation sites is 1. The van der Waals surface area contributed by atoms with Crippen molar-refractivity contribution in [3.63, 3.8) is 0 Å². The number of carbonyl (C=O) groups excluding carboxylic acids is 2. The van der Waals surface area contributed by atoms with E-state index in [0.717, 1.165) is 10.3 Å². The van der Waals surface area contributed by atoms with Crippen molar-refractivity contribution in [3.05, 3.63) is 76.5 Å². The molecule has 8 heteroatoms. The first-order valence-corrected chi connectivity index (χ1v) is 11.0. The van der Waals surface area contributed by atoms with Crippen LogP contribution in [0.3, 0.4) is 0 Å². The molecule has 0 aliphatic rings. The van der Waals surface area contributed by atoms with E-state index in [9.17, 15) is 9.59 Å². The summed E-state index contributed by atoms with van der Waals surface area (Å²) in [5.41, 5.74) is 1.65. The first kappa shape index (κ1) is 20.1. The van der Waals surface area contributed by atoms with Gasteiger partial charge in [-0.2, -0.15) is 0 Å². The molecule has 0 aliphatic heterocycles. The number of benzene rings is 2. The minimum absolute atomic E-state index is 0.271. The number of thiophene rings is 1. The maximum atomic E-state index is 13.1. The predicted molar refractivity (Wildman–Crippen MR) is 121 cm³/mol. The van der Waals surface area contributed by atoms with Gasteiger partial charge in [0.1, 0.15) is 17.3 Å². The summed E-state index contributed by atoms with van der Waals surface area (Å²) >= 11 is 2.70. The molecule has 0 saturated carbocycles.